The van der Waals surface area contributed by atoms with Crippen LogP contribution in [0.1, 0.15) is 5.56 Å². The Morgan fingerprint density at radius 1 is 1.09 bits per heavy atom. The molecule has 2 heterocycles. The van der Waals surface area contributed by atoms with Gasteiger partial charge < -0.3 is 20.3 Å². The minimum Gasteiger partial charge on any atom is -0.401 e. The number of ether oxygens (including phenoxy) is 2. The van der Waals surface area contributed by atoms with Gasteiger partial charge in [-0.3, -0.25) is 4.68 Å². The lowest BCUT2D eigenvalue weighted by molar-refractivity contribution is -0.100. The molecule has 2 aromatic heterocycles. The highest BCUT2D eigenvalue weighted by molar-refractivity contribution is 6.61. The molecule has 0 radical (unpaired) electrons. The first-order valence-electron chi connectivity index (χ1n) is 11.1. The number of nitrogens with two attached hydrogens (primary N) is 1. The van der Waals surface area contributed by atoms with E-state index in [0.29, 0.717) is 18.8 Å². The van der Waals surface area contributed by atoms with Crippen LogP contribution in [-0.4, -0.2) is 106 Å². The first kappa shape index (κ1) is 25.1. The molecule has 164 valence electrons. The Balaban J connectivity index is 1.95. The molecule has 3 rings (SSSR count). The van der Waals surface area contributed by atoms with Gasteiger partial charge in [-0.1, -0.05) is 15.6 Å². The molecule has 2 aromatic rings. The maximum atomic E-state index is 11.5. The van der Waals surface area contributed by atoms with Crippen molar-refractivity contribution in [3.8, 4) is 11.3 Å². The molecular formula is C17H32B7N5O3. The van der Waals surface area contributed by atoms with Crippen LogP contribution < -0.4 is 5.73 Å². The van der Waals surface area contributed by atoms with E-state index >= 15 is 0 Å². The Labute approximate surface area is 197 Å². The summed E-state index contributed by atoms with van der Waals surface area (Å²) in [5.41, 5.74) is 7.70. The maximum absolute atomic E-state index is 11.5. The standard InChI is InChI=1S/C17H32B7N5O3/c1-31-11(32-2)3-9-12(26-7-27-13(9)25)8-4-28-29(5-8)6-10-14(18,19)16(22,23)17(24,30)15(10,20)21/h4-5,7,10-11,30H,3,6,18-24H2,1-2H3,(H2,25,26,27). The van der Waals surface area contributed by atoms with Crippen LogP contribution in [0.4, 0.5) is 5.82 Å². The predicted molar refractivity (Wildman–Crippen MR) is 146 cm³/mol. The summed E-state index contributed by atoms with van der Waals surface area (Å²) in [5.74, 6) is 0.603. The number of hydrogen-bond acceptors (Lipinski definition) is 7. The van der Waals surface area contributed by atoms with Gasteiger partial charge in [0.05, 0.1) is 27.6 Å². The van der Waals surface area contributed by atoms with Crippen molar-refractivity contribution in [2.45, 2.75) is 40.4 Å². The molecule has 1 aliphatic carbocycles. The first-order chi connectivity index (χ1) is 14.7. The van der Waals surface area contributed by atoms with Crippen molar-refractivity contribution in [1.29, 1.82) is 0 Å². The first-order valence-corrected chi connectivity index (χ1v) is 11.1. The van der Waals surface area contributed by atoms with Crippen LogP contribution in [0.25, 0.3) is 11.3 Å². The largest absolute Gasteiger partial charge is 0.401 e. The third-order valence-corrected chi connectivity index (χ3v) is 8.98. The SMILES string of the molecule is BC1(B)C(Cn2cc(-c3ncnc(N)c3CC(OC)OC)cn2)C(B)(B)C(B)(O)C1(B)B. The molecule has 1 aliphatic rings. The number of nitrogens with zero attached hydrogens (tertiary/aromatic N) is 4. The lowest BCUT2D eigenvalue weighted by atomic mass is 9.25. The van der Waals surface area contributed by atoms with Crippen LogP contribution in [0.15, 0.2) is 18.7 Å². The lowest BCUT2D eigenvalue weighted by Crippen LogP contribution is -2.51. The van der Waals surface area contributed by atoms with Gasteiger partial charge in [-0.25, -0.2) is 9.97 Å². The smallest absolute Gasteiger partial charge is 0.161 e. The second-order valence-electron chi connectivity index (χ2n) is 10.8. The molecule has 8 nitrogen and oxygen atoms in total. The Bertz CT molecular complexity index is 955. The highest BCUT2D eigenvalue weighted by atomic mass is 16.7. The molecule has 1 fully saturated rings. The Kier molecular flexibility index (Phi) is 6.52. The second kappa shape index (κ2) is 8.33. The van der Waals surface area contributed by atoms with Crippen LogP contribution in [0, 0.1) is 5.92 Å². The summed E-state index contributed by atoms with van der Waals surface area (Å²) in [7, 11) is 18.3. The van der Waals surface area contributed by atoms with Gasteiger partial charge in [-0.15, -0.1) is 0 Å². The van der Waals surface area contributed by atoms with Crippen LogP contribution in [-0.2, 0) is 22.4 Å². The second-order valence-corrected chi connectivity index (χ2v) is 10.8. The molecule has 0 aliphatic heterocycles. The number of methoxy groups -OCH3 is 2. The molecule has 1 saturated carbocycles. The summed E-state index contributed by atoms with van der Waals surface area (Å²) in [4.78, 5) is 8.63. The van der Waals surface area contributed by atoms with Crippen molar-refractivity contribution in [2.24, 2.45) is 5.92 Å². The fourth-order valence-corrected chi connectivity index (χ4v) is 5.64. The molecule has 32 heavy (non-hydrogen) atoms. The molecule has 0 amide bonds. The van der Waals surface area contributed by atoms with E-state index in [1.807, 2.05) is 18.7 Å². The molecule has 0 spiro atoms. The van der Waals surface area contributed by atoms with Gasteiger partial charge in [0.1, 0.15) is 51.4 Å². The van der Waals surface area contributed by atoms with Gasteiger partial charge in [0.15, 0.2) is 6.29 Å². The van der Waals surface area contributed by atoms with Crippen LogP contribution >= 0.6 is 0 Å². The van der Waals surface area contributed by atoms with Crippen molar-refractivity contribution in [3.63, 3.8) is 0 Å². The molecule has 15 heteroatoms. The molecule has 3 N–H and O–H groups in total. The van der Waals surface area contributed by atoms with Gasteiger partial charge in [0, 0.05) is 50.0 Å². The van der Waals surface area contributed by atoms with E-state index in [1.54, 1.807) is 20.4 Å². The minimum absolute atomic E-state index is 0.110. The molecule has 0 bridgehead atoms. The zero-order valence-electron chi connectivity index (χ0n) is 20.9. The molecule has 2 atom stereocenters. The Hall–Kier alpha value is -1.58. The quantitative estimate of drug-likeness (QED) is 0.333. The van der Waals surface area contributed by atoms with Gasteiger partial charge in [0.25, 0.3) is 0 Å². The number of rotatable bonds is 7. The van der Waals surface area contributed by atoms with E-state index in [1.165, 1.54) is 6.33 Å². The van der Waals surface area contributed by atoms with Crippen molar-refractivity contribution < 1.29 is 14.6 Å². The molecule has 0 saturated heterocycles. The summed E-state index contributed by atoms with van der Waals surface area (Å²) in [6, 6.07) is 0. The number of aromatic nitrogens is 4. The van der Waals surface area contributed by atoms with Crippen molar-refractivity contribution in [1.82, 2.24) is 19.7 Å². The van der Waals surface area contributed by atoms with Gasteiger partial charge in [-0.2, -0.15) is 5.10 Å². The summed E-state index contributed by atoms with van der Waals surface area (Å²) in [5, 5.41) is 15.5. The normalized spacial score (nSPS) is 25.8. The average molecular weight is 430 g/mol. The summed E-state index contributed by atoms with van der Waals surface area (Å²) in [6.07, 6.45) is 5.24. The predicted octanol–water partition coefficient (Wildman–Crippen LogP) is -5.82. The average Bonchev–Trinajstić information content (AvgIpc) is 3.20. The highest BCUT2D eigenvalue weighted by Crippen LogP contribution is 2.72. The lowest BCUT2D eigenvalue weighted by Gasteiger charge is -2.47. The summed E-state index contributed by atoms with van der Waals surface area (Å²) >= 11 is 0. The maximum Gasteiger partial charge on any atom is 0.161 e. The number of anilines is 1. The van der Waals surface area contributed by atoms with Crippen LogP contribution in [0.5, 0.6) is 0 Å². The minimum atomic E-state index is -0.826. The molecular weight excluding hydrogens is 398 g/mol. The summed E-state index contributed by atoms with van der Waals surface area (Å²) < 4.78 is 12.7. The highest BCUT2D eigenvalue weighted by Gasteiger charge is 2.67. The monoisotopic (exact) mass is 431 g/mol. The summed E-state index contributed by atoms with van der Waals surface area (Å²) in [6.45, 7) is 0.689. The van der Waals surface area contributed by atoms with Crippen LogP contribution in [0.3, 0.4) is 0 Å². The van der Waals surface area contributed by atoms with E-state index < -0.39 is 11.8 Å². The van der Waals surface area contributed by atoms with Gasteiger partial charge >= 0.3 is 0 Å². The number of hydrogen-bond donors (Lipinski definition) is 2. The van der Waals surface area contributed by atoms with E-state index in [9.17, 15) is 5.11 Å². The zero-order valence-corrected chi connectivity index (χ0v) is 20.9. The Morgan fingerprint density at radius 3 is 2.25 bits per heavy atom. The van der Waals surface area contributed by atoms with E-state index in [4.69, 9.17) is 15.2 Å². The van der Waals surface area contributed by atoms with Crippen molar-refractivity contribution >= 4 is 60.7 Å². The third-order valence-electron chi connectivity index (χ3n) is 8.98. The van der Waals surface area contributed by atoms with Crippen molar-refractivity contribution in [3.05, 3.63) is 24.3 Å². The topological polar surface area (TPSA) is 108 Å². The number of aliphatic hydroxyl groups is 1. The van der Waals surface area contributed by atoms with E-state index in [2.05, 4.69) is 62.1 Å². The third kappa shape index (κ3) is 3.66. The molecule has 0 aromatic carbocycles. The van der Waals surface area contributed by atoms with Crippen molar-refractivity contribution in [2.75, 3.05) is 20.0 Å². The molecule has 2 unspecified atom stereocenters. The number of nitrogen functional groups attached to an aromatic ring is 1. The van der Waals surface area contributed by atoms with E-state index in [0.717, 1.165) is 16.8 Å². The fourth-order valence-electron chi connectivity index (χ4n) is 5.64. The van der Waals surface area contributed by atoms with Crippen LogP contribution in [0.2, 0.25) is 15.6 Å². The zero-order chi connectivity index (χ0) is 24.1. The van der Waals surface area contributed by atoms with Gasteiger partial charge in [-0.05, 0) is 5.92 Å². The van der Waals surface area contributed by atoms with Gasteiger partial charge in [0.2, 0.25) is 0 Å². The Morgan fingerprint density at radius 2 is 1.72 bits per heavy atom. The van der Waals surface area contributed by atoms with E-state index in [-0.39, 0.29) is 21.6 Å². The fraction of sp³-hybridized carbons (Fsp3) is 0.588.